The lowest BCUT2D eigenvalue weighted by Crippen LogP contribution is -2.43. The lowest BCUT2D eigenvalue weighted by Gasteiger charge is -2.29. The van der Waals surface area contributed by atoms with Gasteiger partial charge in [0.2, 0.25) is 15.9 Å². The number of nitrogens with one attached hydrogen (secondary N) is 1. The van der Waals surface area contributed by atoms with Gasteiger partial charge < -0.3 is 5.32 Å². The van der Waals surface area contributed by atoms with Crippen LogP contribution in [0.1, 0.15) is 18.5 Å². The zero-order chi connectivity index (χ0) is 17.0. The number of amides is 1. The Hall–Kier alpha value is -1.15. The number of thiazole rings is 1. The Labute approximate surface area is 144 Å². The highest BCUT2D eigenvalue weighted by Gasteiger charge is 2.30. The second kappa shape index (κ2) is 7.61. The third-order valence-electron chi connectivity index (χ3n) is 3.48. The number of aromatic nitrogens is 1. The van der Waals surface area contributed by atoms with Gasteiger partial charge in [-0.3, -0.25) is 4.79 Å². The summed E-state index contributed by atoms with van der Waals surface area (Å²) >= 11 is 2.73. The Balaban J connectivity index is 2.00. The zero-order valence-electron chi connectivity index (χ0n) is 12.9. The highest BCUT2D eigenvalue weighted by Crippen LogP contribution is 2.32. The van der Waals surface area contributed by atoms with Gasteiger partial charge in [0.05, 0.1) is 33.9 Å². The normalized spacial score (nSPS) is 19.3. The van der Waals surface area contributed by atoms with Crippen molar-refractivity contribution < 1.29 is 13.2 Å². The smallest absolute Gasteiger partial charge is 0.230 e. The average molecular weight is 375 g/mol. The molecular weight excluding hydrogens is 356 g/mol. The van der Waals surface area contributed by atoms with Crippen molar-refractivity contribution in [3.63, 3.8) is 0 Å². The molecule has 0 aromatic carbocycles. The van der Waals surface area contributed by atoms with Crippen LogP contribution in [-0.4, -0.2) is 48.7 Å². The third-order valence-corrected chi connectivity index (χ3v) is 7.05. The van der Waals surface area contributed by atoms with E-state index >= 15 is 0 Å². The molecule has 1 saturated heterocycles. The summed E-state index contributed by atoms with van der Waals surface area (Å²) in [4.78, 5) is 16.6. The lowest BCUT2D eigenvalue weighted by atomic mass is 9.99. The summed E-state index contributed by atoms with van der Waals surface area (Å²) in [6.45, 7) is 2.51. The molecule has 0 bridgehead atoms. The van der Waals surface area contributed by atoms with Gasteiger partial charge in [-0.2, -0.15) is 5.26 Å². The standard InChI is InChI=1S/C13H18N4O3S3/c1-9-12(21-7-5-14)22-13(15-9)16-11(18)10-4-3-6-17(8-10)23(2,19)20/h10H,3-4,6-8H2,1-2H3,(H,15,16,18). The number of carbonyl (C=O) groups is 1. The molecular formula is C13H18N4O3S3. The van der Waals surface area contributed by atoms with Crippen molar-refractivity contribution in [1.82, 2.24) is 9.29 Å². The summed E-state index contributed by atoms with van der Waals surface area (Å²) < 4.78 is 25.5. The number of carbonyl (C=O) groups excluding carboxylic acids is 1. The van der Waals surface area contributed by atoms with Gasteiger partial charge >= 0.3 is 0 Å². The predicted molar refractivity (Wildman–Crippen MR) is 91.0 cm³/mol. The van der Waals surface area contributed by atoms with Gasteiger partial charge in [-0.15, -0.1) is 0 Å². The molecule has 1 atom stereocenters. The number of nitrogens with zero attached hydrogens (tertiary/aromatic N) is 3. The van der Waals surface area contributed by atoms with Crippen LogP contribution in [0.2, 0.25) is 0 Å². The van der Waals surface area contributed by atoms with Gasteiger partial charge in [-0.25, -0.2) is 17.7 Å². The largest absolute Gasteiger partial charge is 0.302 e. The molecule has 2 heterocycles. The maximum atomic E-state index is 12.3. The monoisotopic (exact) mass is 374 g/mol. The van der Waals surface area contributed by atoms with E-state index in [1.165, 1.54) is 27.4 Å². The molecule has 1 fully saturated rings. The van der Waals surface area contributed by atoms with Crippen LogP contribution in [-0.2, 0) is 14.8 Å². The van der Waals surface area contributed by atoms with E-state index in [1.807, 2.05) is 6.92 Å². The average Bonchev–Trinajstić information content (AvgIpc) is 2.84. The number of hydrogen-bond donors (Lipinski definition) is 1. The number of nitriles is 1. The summed E-state index contributed by atoms with van der Waals surface area (Å²) in [5.41, 5.74) is 0.784. The number of sulfonamides is 1. The van der Waals surface area contributed by atoms with Gasteiger partial charge in [0.1, 0.15) is 0 Å². The van der Waals surface area contributed by atoms with Crippen LogP contribution in [0.4, 0.5) is 5.13 Å². The Morgan fingerprint density at radius 3 is 3.00 bits per heavy atom. The molecule has 0 spiro atoms. The molecule has 7 nitrogen and oxygen atoms in total. The van der Waals surface area contributed by atoms with E-state index in [0.717, 1.165) is 16.2 Å². The topological polar surface area (TPSA) is 103 Å². The highest BCUT2D eigenvalue weighted by molar-refractivity contribution is 8.01. The van der Waals surface area contributed by atoms with Gasteiger partial charge in [0, 0.05) is 13.1 Å². The molecule has 1 amide bonds. The van der Waals surface area contributed by atoms with Crippen molar-refractivity contribution in [3.05, 3.63) is 5.69 Å². The molecule has 1 aromatic heterocycles. The third kappa shape index (κ3) is 4.91. The number of thioether (sulfide) groups is 1. The quantitative estimate of drug-likeness (QED) is 0.787. The second-order valence-corrected chi connectivity index (χ2v) is 9.51. The molecule has 2 rings (SSSR count). The first kappa shape index (κ1) is 18.2. The molecule has 10 heteroatoms. The number of rotatable bonds is 5. The minimum Gasteiger partial charge on any atom is -0.302 e. The van der Waals surface area contributed by atoms with E-state index in [2.05, 4.69) is 16.4 Å². The van der Waals surface area contributed by atoms with Crippen LogP contribution < -0.4 is 5.32 Å². The summed E-state index contributed by atoms with van der Waals surface area (Å²) in [5, 5.41) is 11.9. The Morgan fingerprint density at radius 2 is 2.35 bits per heavy atom. The molecule has 1 aliphatic heterocycles. The van der Waals surface area contributed by atoms with Crippen molar-refractivity contribution in [2.45, 2.75) is 24.0 Å². The van der Waals surface area contributed by atoms with Crippen molar-refractivity contribution in [1.29, 1.82) is 5.26 Å². The minimum absolute atomic E-state index is 0.205. The summed E-state index contributed by atoms with van der Waals surface area (Å²) in [6, 6.07) is 2.06. The summed E-state index contributed by atoms with van der Waals surface area (Å²) in [5.74, 6) is -0.232. The highest BCUT2D eigenvalue weighted by atomic mass is 32.2. The zero-order valence-corrected chi connectivity index (χ0v) is 15.4. The fourth-order valence-electron chi connectivity index (χ4n) is 2.33. The van der Waals surface area contributed by atoms with Gasteiger partial charge in [-0.1, -0.05) is 23.1 Å². The number of hydrogen-bond acceptors (Lipinski definition) is 7. The molecule has 23 heavy (non-hydrogen) atoms. The predicted octanol–water partition coefficient (Wildman–Crippen LogP) is 1.68. The summed E-state index contributed by atoms with van der Waals surface area (Å²) in [7, 11) is -3.27. The number of anilines is 1. The molecule has 1 aromatic rings. The SMILES string of the molecule is Cc1nc(NC(=O)C2CCCN(S(C)(=O)=O)C2)sc1SCC#N. The number of aryl methyl sites for hydroxylation is 1. The fraction of sp³-hybridized carbons (Fsp3) is 0.615. The molecule has 1 aliphatic rings. The molecule has 0 radical (unpaired) electrons. The Morgan fingerprint density at radius 1 is 1.61 bits per heavy atom. The fourth-order valence-corrected chi connectivity index (χ4v) is 5.05. The van der Waals surface area contributed by atoms with Crippen LogP contribution in [0.3, 0.4) is 0 Å². The Kier molecular flexibility index (Phi) is 6.02. The van der Waals surface area contributed by atoms with Crippen LogP contribution in [0.5, 0.6) is 0 Å². The molecule has 1 unspecified atom stereocenters. The summed E-state index contributed by atoms with van der Waals surface area (Å²) in [6.07, 6.45) is 2.50. The van der Waals surface area contributed by atoms with Crippen molar-refractivity contribution in [3.8, 4) is 6.07 Å². The molecule has 1 N–H and O–H groups in total. The number of piperidine rings is 1. The first-order chi connectivity index (χ1) is 10.8. The molecule has 0 saturated carbocycles. The maximum absolute atomic E-state index is 12.3. The van der Waals surface area contributed by atoms with Crippen molar-refractivity contribution in [2.75, 3.05) is 30.4 Å². The van der Waals surface area contributed by atoms with E-state index in [9.17, 15) is 13.2 Å². The van der Waals surface area contributed by atoms with Crippen molar-refractivity contribution in [2.24, 2.45) is 5.92 Å². The van der Waals surface area contributed by atoms with Crippen LogP contribution in [0.25, 0.3) is 0 Å². The van der Waals surface area contributed by atoms with Crippen LogP contribution in [0, 0.1) is 24.2 Å². The first-order valence-corrected chi connectivity index (χ1v) is 10.7. The Bertz CT molecular complexity index is 723. The molecule has 0 aliphatic carbocycles. The van der Waals surface area contributed by atoms with E-state index in [-0.39, 0.29) is 18.4 Å². The van der Waals surface area contributed by atoms with Crippen molar-refractivity contribution >= 4 is 44.2 Å². The lowest BCUT2D eigenvalue weighted by molar-refractivity contribution is -0.120. The minimum atomic E-state index is -3.27. The van der Waals surface area contributed by atoms with Crippen LogP contribution in [0.15, 0.2) is 4.21 Å². The van der Waals surface area contributed by atoms with Crippen LogP contribution >= 0.6 is 23.1 Å². The van der Waals surface area contributed by atoms with Gasteiger partial charge in [0.15, 0.2) is 5.13 Å². The first-order valence-electron chi connectivity index (χ1n) is 7.04. The second-order valence-electron chi connectivity index (χ2n) is 5.29. The maximum Gasteiger partial charge on any atom is 0.230 e. The molecule has 126 valence electrons. The van der Waals surface area contributed by atoms with E-state index in [1.54, 1.807) is 0 Å². The van der Waals surface area contributed by atoms with Gasteiger partial charge in [0.25, 0.3) is 0 Å². The van der Waals surface area contributed by atoms with E-state index in [4.69, 9.17) is 5.26 Å². The van der Waals surface area contributed by atoms with E-state index in [0.29, 0.717) is 30.3 Å². The van der Waals surface area contributed by atoms with Gasteiger partial charge in [-0.05, 0) is 19.8 Å². The van der Waals surface area contributed by atoms with E-state index < -0.39 is 10.0 Å².